The smallest absolute Gasteiger partial charge is 0.253 e. The van der Waals surface area contributed by atoms with Gasteiger partial charge in [0.15, 0.2) is 0 Å². The molecule has 3 aromatic rings. The van der Waals surface area contributed by atoms with Crippen LogP contribution < -0.4 is 4.72 Å². The summed E-state index contributed by atoms with van der Waals surface area (Å²) in [5, 5.41) is 10.7. The molecule has 2 aromatic heterocycles. The number of carbonyl (C=O) groups is 1. The predicted molar refractivity (Wildman–Crippen MR) is 123 cm³/mol. The van der Waals surface area contributed by atoms with Gasteiger partial charge in [-0.1, -0.05) is 13.8 Å². The van der Waals surface area contributed by atoms with E-state index in [4.69, 9.17) is 0 Å². The van der Waals surface area contributed by atoms with E-state index in [-0.39, 0.29) is 5.91 Å². The molecule has 1 saturated heterocycles. The molecule has 0 atom stereocenters. The molecule has 0 spiro atoms. The van der Waals surface area contributed by atoms with Crippen LogP contribution in [0.3, 0.4) is 0 Å². The van der Waals surface area contributed by atoms with Gasteiger partial charge in [-0.05, 0) is 67.5 Å². The number of benzene rings is 1. The van der Waals surface area contributed by atoms with Gasteiger partial charge >= 0.3 is 0 Å². The van der Waals surface area contributed by atoms with E-state index in [0.29, 0.717) is 37.4 Å². The molecule has 1 aromatic carbocycles. The first-order valence-electron chi connectivity index (χ1n) is 10.2. The summed E-state index contributed by atoms with van der Waals surface area (Å²) >= 11 is 3.01. The Kier molecular flexibility index (Phi) is 6.26. The molecule has 1 aliphatic rings. The van der Waals surface area contributed by atoms with E-state index < -0.39 is 5.60 Å². The lowest BCUT2D eigenvalue weighted by Crippen LogP contribution is -2.47. The zero-order chi connectivity index (χ0) is 21.1. The van der Waals surface area contributed by atoms with Crippen molar-refractivity contribution in [3.8, 4) is 0 Å². The van der Waals surface area contributed by atoms with E-state index in [9.17, 15) is 9.90 Å². The van der Waals surface area contributed by atoms with Gasteiger partial charge in [0, 0.05) is 30.5 Å². The van der Waals surface area contributed by atoms with Crippen LogP contribution in [0.15, 0.2) is 46.9 Å². The molecule has 1 aliphatic heterocycles. The normalized spacial score (nSPS) is 16.2. The van der Waals surface area contributed by atoms with Gasteiger partial charge in [-0.15, -0.1) is 11.3 Å². The molecule has 0 saturated carbocycles. The summed E-state index contributed by atoms with van der Waals surface area (Å²) in [6.45, 7) is 5.45. The number of fused-ring (bicyclic) bond motifs is 1. The van der Waals surface area contributed by atoms with Crippen molar-refractivity contribution in [1.82, 2.24) is 14.9 Å². The van der Waals surface area contributed by atoms with Crippen LogP contribution in [0.25, 0.3) is 10.3 Å². The number of amides is 1. The molecule has 6 nitrogen and oxygen atoms in total. The van der Waals surface area contributed by atoms with Gasteiger partial charge < -0.3 is 14.7 Å². The van der Waals surface area contributed by atoms with E-state index in [0.717, 1.165) is 27.4 Å². The third-order valence-corrected chi connectivity index (χ3v) is 7.00. The average molecular weight is 443 g/mol. The van der Waals surface area contributed by atoms with Crippen LogP contribution >= 0.6 is 23.3 Å². The number of nitrogens with one attached hydrogen (secondary N) is 1. The highest BCUT2D eigenvalue weighted by Gasteiger charge is 2.34. The van der Waals surface area contributed by atoms with Gasteiger partial charge in [0.05, 0.1) is 16.0 Å². The Morgan fingerprint density at radius 2 is 1.97 bits per heavy atom. The molecule has 30 heavy (non-hydrogen) atoms. The second kappa shape index (κ2) is 8.91. The number of thiazole rings is 1. The van der Waals surface area contributed by atoms with E-state index in [1.54, 1.807) is 11.7 Å². The first-order chi connectivity index (χ1) is 14.4. The highest BCUT2D eigenvalue weighted by molar-refractivity contribution is 8.00. The molecule has 0 unspecified atom stereocenters. The second-order valence-electron chi connectivity index (χ2n) is 8.21. The van der Waals surface area contributed by atoms with Crippen molar-refractivity contribution < 1.29 is 9.90 Å². The molecule has 8 heteroatoms. The maximum Gasteiger partial charge on any atom is 0.253 e. The highest BCUT2D eigenvalue weighted by Crippen LogP contribution is 2.30. The van der Waals surface area contributed by atoms with Crippen molar-refractivity contribution in [1.29, 1.82) is 0 Å². The standard InChI is InChI=1S/C22H26N4O2S2/c1-15(2)13-22(28)8-11-26(12-9-22)21(27)16-3-5-17(6-4-16)25-30-18-7-10-23-20-19(18)24-14-29-20/h3-7,10,14-15,25,28H,8-9,11-13H2,1-2H3. The number of rotatable bonds is 6. The first-order valence-corrected chi connectivity index (χ1v) is 11.9. The third kappa shape index (κ3) is 4.77. The van der Waals surface area contributed by atoms with Gasteiger partial charge in [0.1, 0.15) is 10.3 Å². The van der Waals surface area contributed by atoms with Crippen molar-refractivity contribution in [2.45, 2.75) is 43.6 Å². The van der Waals surface area contributed by atoms with E-state index in [1.807, 2.05) is 35.2 Å². The minimum absolute atomic E-state index is 0.0270. The van der Waals surface area contributed by atoms with Crippen LogP contribution in [0.2, 0.25) is 0 Å². The first kappa shape index (κ1) is 21.1. The summed E-state index contributed by atoms with van der Waals surface area (Å²) in [4.78, 5) is 25.3. The Balaban J connectivity index is 1.34. The summed E-state index contributed by atoms with van der Waals surface area (Å²) in [6.07, 6.45) is 3.86. The topological polar surface area (TPSA) is 78.4 Å². The lowest BCUT2D eigenvalue weighted by atomic mass is 9.84. The number of aromatic nitrogens is 2. The summed E-state index contributed by atoms with van der Waals surface area (Å²) < 4.78 is 3.31. The molecule has 1 fully saturated rings. The largest absolute Gasteiger partial charge is 0.390 e. The summed E-state index contributed by atoms with van der Waals surface area (Å²) in [6, 6.07) is 9.47. The molecular weight excluding hydrogens is 416 g/mol. The fourth-order valence-corrected chi connectivity index (χ4v) is 5.36. The Bertz CT molecular complexity index is 1010. The maximum atomic E-state index is 12.8. The number of likely N-dealkylation sites (tertiary alicyclic amines) is 1. The SMILES string of the molecule is CC(C)CC1(O)CCN(C(=O)c2ccc(NSc3ccnc4scnc34)cc2)CC1. The van der Waals surface area contributed by atoms with Gasteiger partial charge in [0.25, 0.3) is 5.91 Å². The number of aliphatic hydroxyl groups is 1. The number of pyridine rings is 1. The molecule has 158 valence electrons. The maximum absolute atomic E-state index is 12.8. The zero-order valence-electron chi connectivity index (χ0n) is 17.2. The fraction of sp³-hybridized carbons (Fsp3) is 0.409. The van der Waals surface area contributed by atoms with Gasteiger partial charge in [0.2, 0.25) is 0 Å². The van der Waals surface area contributed by atoms with Gasteiger partial charge in [-0.25, -0.2) is 9.97 Å². The Morgan fingerprint density at radius 1 is 1.23 bits per heavy atom. The van der Waals surface area contributed by atoms with E-state index in [1.165, 1.54) is 23.3 Å². The summed E-state index contributed by atoms with van der Waals surface area (Å²) in [5.74, 6) is 0.480. The Hall–Kier alpha value is -2.16. The Labute approximate surface area is 184 Å². The monoisotopic (exact) mass is 442 g/mol. The molecule has 0 bridgehead atoms. The number of carbonyl (C=O) groups excluding carboxylic acids is 1. The molecule has 4 rings (SSSR count). The summed E-state index contributed by atoms with van der Waals surface area (Å²) in [7, 11) is 0. The van der Waals surface area contributed by atoms with Crippen LogP contribution in [0.5, 0.6) is 0 Å². The second-order valence-corrected chi connectivity index (χ2v) is 9.89. The number of piperidine rings is 1. The quantitative estimate of drug-likeness (QED) is 0.533. The number of hydrogen-bond donors (Lipinski definition) is 2. The molecule has 2 N–H and O–H groups in total. The van der Waals surface area contributed by atoms with E-state index >= 15 is 0 Å². The minimum Gasteiger partial charge on any atom is -0.390 e. The van der Waals surface area contributed by atoms with Crippen molar-refractivity contribution in [3.63, 3.8) is 0 Å². The molecular formula is C22H26N4O2S2. The van der Waals surface area contributed by atoms with Crippen molar-refractivity contribution >= 4 is 45.2 Å². The zero-order valence-corrected chi connectivity index (χ0v) is 18.8. The highest BCUT2D eigenvalue weighted by atomic mass is 32.2. The minimum atomic E-state index is -0.633. The van der Waals surface area contributed by atoms with E-state index in [2.05, 4.69) is 28.5 Å². The number of anilines is 1. The van der Waals surface area contributed by atoms with Gasteiger partial charge in [-0.3, -0.25) is 4.79 Å². The van der Waals surface area contributed by atoms with Crippen LogP contribution in [0.1, 0.15) is 43.5 Å². The molecule has 1 amide bonds. The summed E-state index contributed by atoms with van der Waals surface area (Å²) in [5.41, 5.74) is 3.65. The molecule has 3 heterocycles. The van der Waals surface area contributed by atoms with Crippen LogP contribution in [0.4, 0.5) is 5.69 Å². The Morgan fingerprint density at radius 3 is 2.67 bits per heavy atom. The van der Waals surface area contributed by atoms with Crippen molar-refractivity contribution in [3.05, 3.63) is 47.6 Å². The van der Waals surface area contributed by atoms with Crippen LogP contribution in [-0.4, -0.2) is 44.6 Å². The van der Waals surface area contributed by atoms with Crippen LogP contribution in [0, 0.1) is 5.92 Å². The lowest BCUT2D eigenvalue weighted by molar-refractivity contribution is -0.0311. The fourth-order valence-electron chi connectivity index (χ4n) is 3.90. The predicted octanol–water partition coefficient (Wildman–Crippen LogP) is 4.82. The van der Waals surface area contributed by atoms with Gasteiger partial charge in [-0.2, -0.15) is 0 Å². The molecule has 0 radical (unpaired) electrons. The molecule has 0 aliphatic carbocycles. The van der Waals surface area contributed by atoms with Crippen LogP contribution in [-0.2, 0) is 0 Å². The third-order valence-electron chi connectivity index (χ3n) is 5.38. The average Bonchev–Trinajstić information content (AvgIpc) is 3.21. The number of nitrogens with zero attached hydrogens (tertiary/aromatic N) is 3. The lowest BCUT2D eigenvalue weighted by Gasteiger charge is -2.39. The van der Waals surface area contributed by atoms with Crippen molar-refractivity contribution in [2.24, 2.45) is 5.92 Å². The van der Waals surface area contributed by atoms with Crippen molar-refractivity contribution in [2.75, 3.05) is 17.8 Å². The number of hydrogen-bond acceptors (Lipinski definition) is 7.